The summed E-state index contributed by atoms with van der Waals surface area (Å²) in [4.78, 5) is 7.43. The van der Waals surface area contributed by atoms with Crippen molar-refractivity contribution in [3.05, 3.63) is 47.0 Å². The third-order valence-electron chi connectivity index (χ3n) is 4.02. The third kappa shape index (κ3) is 2.03. The number of imidazole rings is 1. The summed E-state index contributed by atoms with van der Waals surface area (Å²) in [5.74, 6) is 0.789. The van der Waals surface area contributed by atoms with E-state index in [2.05, 4.69) is 36.8 Å². The second kappa shape index (κ2) is 4.12. The fourth-order valence-corrected chi connectivity index (χ4v) is 3.01. The molecule has 0 bridgehead atoms. The summed E-state index contributed by atoms with van der Waals surface area (Å²) in [5, 5.41) is 10.2. The Kier molecular flexibility index (Phi) is 2.66. The van der Waals surface area contributed by atoms with Gasteiger partial charge in [0.05, 0.1) is 12.0 Å². The third-order valence-corrected chi connectivity index (χ3v) is 4.02. The van der Waals surface area contributed by atoms with E-state index < -0.39 is 0 Å². The fourth-order valence-electron chi connectivity index (χ4n) is 3.01. The molecule has 1 heterocycles. The Bertz CT molecular complexity index is 594. The number of nitrogens with zero attached hydrogens (tertiary/aromatic N) is 1. The highest BCUT2D eigenvalue weighted by atomic mass is 16.3. The molecule has 0 fully saturated rings. The van der Waals surface area contributed by atoms with E-state index in [-0.39, 0.29) is 5.41 Å². The van der Waals surface area contributed by atoms with Crippen LogP contribution in [0.25, 0.3) is 0 Å². The van der Waals surface area contributed by atoms with Crippen LogP contribution in [0.4, 0.5) is 0 Å². The lowest BCUT2D eigenvalue weighted by Gasteiger charge is -2.22. The van der Waals surface area contributed by atoms with Gasteiger partial charge in [-0.1, -0.05) is 26.8 Å². The van der Waals surface area contributed by atoms with Crippen molar-refractivity contribution < 1.29 is 5.11 Å². The number of aromatic hydroxyl groups is 1. The zero-order valence-corrected chi connectivity index (χ0v) is 11.7. The van der Waals surface area contributed by atoms with Crippen LogP contribution in [0.2, 0.25) is 0 Å². The van der Waals surface area contributed by atoms with Crippen LogP contribution in [0.5, 0.6) is 5.75 Å². The maximum atomic E-state index is 10.2. The van der Waals surface area contributed by atoms with Crippen molar-refractivity contribution in [2.24, 2.45) is 0 Å². The number of phenolic OH excluding ortho intramolecular Hbond substituents is 1. The van der Waals surface area contributed by atoms with Gasteiger partial charge in [0.25, 0.3) is 0 Å². The van der Waals surface area contributed by atoms with E-state index in [0.717, 1.165) is 24.1 Å². The summed E-state index contributed by atoms with van der Waals surface area (Å²) < 4.78 is 0. The average Bonchev–Trinajstić information content (AvgIpc) is 2.92. The quantitative estimate of drug-likeness (QED) is 0.820. The van der Waals surface area contributed by atoms with Gasteiger partial charge in [-0.3, -0.25) is 0 Å². The zero-order valence-electron chi connectivity index (χ0n) is 11.7. The highest BCUT2D eigenvalue weighted by Crippen LogP contribution is 2.42. The Balaban J connectivity index is 2.10. The lowest BCUT2D eigenvalue weighted by Crippen LogP contribution is -2.12. The number of hydrogen-bond acceptors (Lipinski definition) is 2. The number of H-pyrrole nitrogens is 1. The minimum absolute atomic E-state index is 0.0438. The van der Waals surface area contributed by atoms with Gasteiger partial charge >= 0.3 is 0 Å². The predicted molar refractivity (Wildman–Crippen MR) is 75.6 cm³/mol. The summed E-state index contributed by atoms with van der Waals surface area (Å²) in [6.07, 6.45) is 5.81. The first-order valence-corrected chi connectivity index (χ1v) is 6.82. The molecule has 19 heavy (non-hydrogen) atoms. The molecule has 3 heteroatoms. The molecule has 0 radical (unpaired) electrons. The van der Waals surface area contributed by atoms with E-state index in [4.69, 9.17) is 0 Å². The molecule has 2 aromatic rings. The van der Waals surface area contributed by atoms with Gasteiger partial charge in [-0.05, 0) is 41.0 Å². The van der Waals surface area contributed by atoms with Gasteiger partial charge in [0.15, 0.2) is 0 Å². The SMILES string of the molecule is CC(C)(C)c1cc2c(cc1O)CCC2c1c[nH]cn1. The molecule has 0 spiro atoms. The molecule has 1 unspecified atom stereocenters. The number of hydrogen-bond donors (Lipinski definition) is 2. The van der Waals surface area contributed by atoms with Gasteiger partial charge in [0.2, 0.25) is 0 Å². The smallest absolute Gasteiger partial charge is 0.119 e. The van der Waals surface area contributed by atoms with Crippen molar-refractivity contribution in [2.45, 2.75) is 44.9 Å². The van der Waals surface area contributed by atoms with Crippen molar-refractivity contribution in [1.29, 1.82) is 0 Å². The van der Waals surface area contributed by atoms with Gasteiger partial charge in [-0.15, -0.1) is 0 Å². The Morgan fingerprint density at radius 1 is 1.32 bits per heavy atom. The normalized spacial score (nSPS) is 18.6. The predicted octanol–water partition coefficient (Wildman–Crippen LogP) is 3.49. The summed E-state index contributed by atoms with van der Waals surface area (Å²) in [7, 11) is 0. The highest BCUT2D eigenvalue weighted by molar-refractivity contribution is 5.50. The highest BCUT2D eigenvalue weighted by Gasteiger charge is 2.29. The lowest BCUT2D eigenvalue weighted by molar-refractivity contribution is 0.446. The van der Waals surface area contributed by atoms with Gasteiger partial charge < -0.3 is 10.1 Å². The van der Waals surface area contributed by atoms with E-state index in [1.165, 1.54) is 11.1 Å². The van der Waals surface area contributed by atoms with Gasteiger partial charge in [0.1, 0.15) is 5.75 Å². The topological polar surface area (TPSA) is 48.9 Å². The van der Waals surface area contributed by atoms with Crippen molar-refractivity contribution in [1.82, 2.24) is 9.97 Å². The van der Waals surface area contributed by atoms with E-state index in [1.54, 1.807) is 6.33 Å². The number of aromatic amines is 1. The van der Waals surface area contributed by atoms with Crippen LogP contribution in [-0.2, 0) is 11.8 Å². The molecule has 0 saturated heterocycles. The van der Waals surface area contributed by atoms with E-state index in [9.17, 15) is 5.11 Å². The number of rotatable bonds is 1. The van der Waals surface area contributed by atoms with Crippen LogP contribution in [0.15, 0.2) is 24.7 Å². The lowest BCUT2D eigenvalue weighted by atomic mass is 9.83. The molecular weight excluding hydrogens is 236 g/mol. The number of fused-ring (bicyclic) bond motifs is 1. The van der Waals surface area contributed by atoms with Gasteiger partial charge in [-0.25, -0.2) is 4.98 Å². The van der Waals surface area contributed by atoms with Crippen LogP contribution in [0.3, 0.4) is 0 Å². The first-order chi connectivity index (χ1) is 8.97. The van der Waals surface area contributed by atoms with Crippen molar-refractivity contribution >= 4 is 0 Å². The van der Waals surface area contributed by atoms with Crippen LogP contribution >= 0.6 is 0 Å². The van der Waals surface area contributed by atoms with Crippen LogP contribution in [0.1, 0.15) is 55.5 Å². The molecule has 3 rings (SSSR count). The molecule has 1 atom stereocenters. The summed E-state index contributed by atoms with van der Waals surface area (Å²) >= 11 is 0. The Morgan fingerprint density at radius 3 is 2.74 bits per heavy atom. The molecule has 2 N–H and O–H groups in total. The second-order valence-electron chi connectivity index (χ2n) is 6.40. The van der Waals surface area contributed by atoms with Crippen molar-refractivity contribution in [2.75, 3.05) is 0 Å². The first-order valence-electron chi connectivity index (χ1n) is 6.82. The second-order valence-corrected chi connectivity index (χ2v) is 6.40. The number of nitrogens with one attached hydrogen (secondary N) is 1. The first kappa shape index (κ1) is 12.3. The maximum Gasteiger partial charge on any atom is 0.119 e. The monoisotopic (exact) mass is 256 g/mol. The molecule has 0 aliphatic heterocycles. The molecule has 3 nitrogen and oxygen atoms in total. The number of phenols is 1. The van der Waals surface area contributed by atoms with E-state index >= 15 is 0 Å². The molecule has 0 amide bonds. The maximum absolute atomic E-state index is 10.2. The number of aryl methyl sites for hydroxylation is 1. The van der Waals surface area contributed by atoms with Gasteiger partial charge in [-0.2, -0.15) is 0 Å². The Hall–Kier alpha value is -1.77. The average molecular weight is 256 g/mol. The standard InChI is InChI=1S/C16H20N2O/c1-16(2,3)13-7-12-10(6-15(13)19)4-5-11(12)14-8-17-9-18-14/h6-9,11,19H,4-5H2,1-3H3,(H,17,18). The van der Waals surface area contributed by atoms with Crippen LogP contribution < -0.4 is 0 Å². The minimum atomic E-state index is -0.0438. The van der Waals surface area contributed by atoms with Crippen molar-refractivity contribution in [3.8, 4) is 5.75 Å². The molecular formula is C16H20N2O. The number of benzene rings is 1. The van der Waals surface area contributed by atoms with E-state index in [1.807, 2.05) is 12.3 Å². The van der Waals surface area contributed by atoms with Crippen molar-refractivity contribution in [3.63, 3.8) is 0 Å². The fraction of sp³-hybridized carbons (Fsp3) is 0.438. The molecule has 0 saturated carbocycles. The Labute approximate surface area is 113 Å². The largest absolute Gasteiger partial charge is 0.508 e. The van der Waals surface area contributed by atoms with Crippen LogP contribution in [0, 0.1) is 0 Å². The molecule has 100 valence electrons. The van der Waals surface area contributed by atoms with E-state index in [0.29, 0.717) is 11.7 Å². The molecule has 1 aliphatic carbocycles. The molecule has 1 aromatic carbocycles. The van der Waals surface area contributed by atoms with Gasteiger partial charge in [0, 0.05) is 12.1 Å². The minimum Gasteiger partial charge on any atom is -0.508 e. The summed E-state index contributed by atoms with van der Waals surface area (Å²) in [6.45, 7) is 6.40. The summed E-state index contributed by atoms with van der Waals surface area (Å²) in [6, 6.07) is 4.12. The molecule has 1 aromatic heterocycles. The Morgan fingerprint density at radius 2 is 2.11 bits per heavy atom. The zero-order chi connectivity index (χ0) is 13.6. The molecule has 1 aliphatic rings. The number of aromatic nitrogens is 2. The van der Waals surface area contributed by atoms with Crippen LogP contribution in [-0.4, -0.2) is 15.1 Å². The summed E-state index contributed by atoms with van der Waals surface area (Å²) in [5.41, 5.74) is 4.67.